The Morgan fingerprint density at radius 3 is 3.00 bits per heavy atom. The molecule has 1 aliphatic carbocycles. The average molecular weight is 376 g/mol. The van der Waals surface area contributed by atoms with E-state index in [0.717, 1.165) is 51.3 Å². The number of amides is 1. The SMILES string of the molecule is COC(=O)C1NNCC1CN1CCn2nc(CCC(=O)NC3CC3)cc2C1. The predicted molar refractivity (Wildman–Crippen MR) is 97.4 cm³/mol. The van der Waals surface area contributed by atoms with Gasteiger partial charge in [-0.2, -0.15) is 5.10 Å². The zero-order valence-corrected chi connectivity index (χ0v) is 15.7. The van der Waals surface area contributed by atoms with Crippen molar-refractivity contribution >= 4 is 11.9 Å². The smallest absolute Gasteiger partial charge is 0.324 e. The fourth-order valence-corrected chi connectivity index (χ4v) is 3.84. The van der Waals surface area contributed by atoms with E-state index in [-0.39, 0.29) is 23.8 Å². The van der Waals surface area contributed by atoms with Gasteiger partial charge in [0.05, 0.1) is 25.0 Å². The molecule has 3 heterocycles. The standard InChI is InChI=1S/C18H28N6O3/c1-27-18(26)17-12(9-19-21-17)10-23-6-7-24-15(11-23)8-14(22-24)4-5-16(25)20-13-2-3-13/h8,12-13,17,19,21H,2-7,9-11H2,1H3,(H,20,25). The number of fused-ring (bicyclic) bond motifs is 1. The second-order valence-corrected chi connectivity index (χ2v) is 7.71. The summed E-state index contributed by atoms with van der Waals surface area (Å²) in [6.07, 6.45) is 3.41. The van der Waals surface area contributed by atoms with Gasteiger partial charge >= 0.3 is 5.97 Å². The molecule has 0 spiro atoms. The quantitative estimate of drug-likeness (QED) is 0.535. The Morgan fingerprint density at radius 1 is 1.37 bits per heavy atom. The number of rotatable bonds is 7. The second kappa shape index (κ2) is 7.95. The lowest BCUT2D eigenvalue weighted by Crippen LogP contribution is -2.44. The van der Waals surface area contributed by atoms with Crippen LogP contribution in [0.3, 0.4) is 0 Å². The minimum atomic E-state index is -0.303. The van der Waals surface area contributed by atoms with Crippen LogP contribution in [0.2, 0.25) is 0 Å². The van der Waals surface area contributed by atoms with Crippen LogP contribution in [0.25, 0.3) is 0 Å². The van der Waals surface area contributed by atoms with Crippen LogP contribution in [0.5, 0.6) is 0 Å². The highest BCUT2D eigenvalue weighted by Gasteiger charge is 2.35. The maximum atomic E-state index is 11.9. The molecule has 1 saturated carbocycles. The van der Waals surface area contributed by atoms with Gasteiger partial charge in [-0.15, -0.1) is 0 Å². The van der Waals surface area contributed by atoms with Gasteiger partial charge in [0, 0.05) is 51.0 Å². The highest BCUT2D eigenvalue weighted by Crippen LogP contribution is 2.20. The van der Waals surface area contributed by atoms with E-state index in [2.05, 4.69) is 32.2 Å². The van der Waals surface area contributed by atoms with E-state index >= 15 is 0 Å². The Morgan fingerprint density at radius 2 is 2.22 bits per heavy atom. The predicted octanol–water partition coefficient (Wildman–Crippen LogP) is -0.824. The summed E-state index contributed by atoms with van der Waals surface area (Å²) in [6, 6.07) is 2.22. The molecule has 2 atom stereocenters. The first-order valence-corrected chi connectivity index (χ1v) is 9.76. The molecule has 2 fully saturated rings. The van der Waals surface area contributed by atoms with E-state index in [1.165, 1.54) is 12.8 Å². The lowest BCUT2D eigenvalue weighted by molar-refractivity contribution is -0.144. The number of hydrogen-bond acceptors (Lipinski definition) is 7. The van der Waals surface area contributed by atoms with Gasteiger partial charge in [-0.3, -0.25) is 24.6 Å². The molecule has 1 aromatic heterocycles. The van der Waals surface area contributed by atoms with Gasteiger partial charge in [0.25, 0.3) is 0 Å². The lowest BCUT2D eigenvalue weighted by atomic mass is 10.0. The van der Waals surface area contributed by atoms with Crippen LogP contribution in [-0.2, 0) is 33.8 Å². The van der Waals surface area contributed by atoms with E-state index in [0.29, 0.717) is 18.9 Å². The fourth-order valence-electron chi connectivity index (χ4n) is 3.84. The van der Waals surface area contributed by atoms with E-state index < -0.39 is 0 Å². The normalized spacial score (nSPS) is 25.2. The Hall–Kier alpha value is -1.97. The molecule has 0 aromatic carbocycles. The maximum absolute atomic E-state index is 11.9. The highest BCUT2D eigenvalue weighted by molar-refractivity contribution is 5.77. The van der Waals surface area contributed by atoms with Crippen LogP contribution < -0.4 is 16.2 Å². The molecule has 9 heteroatoms. The summed E-state index contributed by atoms with van der Waals surface area (Å²) < 4.78 is 6.93. The van der Waals surface area contributed by atoms with Crippen LogP contribution in [0, 0.1) is 5.92 Å². The molecule has 148 valence electrons. The Labute approximate surface area is 158 Å². The zero-order valence-electron chi connectivity index (χ0n) is 15.7. The van der Waals surface area contributed by atoms with Gasteiger partial charge in [0.1, 0.15) is 6.04 Å². The Bertz CT molecular complexity index is 701. The van der Waals surface area contributed by atoms with Gasteiger partial charge in [0.2, 0.25) is 5.91 Å². The average Bonchev–Trinajstić information content (AvgIpc) is 3.19. The van der Waals surface area contributed by atoms with E-state index in [1.807, 2.05) is 4.68 Å². The molecule has 0 radical (unpaired) electrons. The number of nitrogens with one attached hydrogen (secondary N) is 3. The van der Waals surface area contributed by atoms with Gasteiger partial charge in [0.15, 0.2) is 0 Å². The van der Waals surface area contributed by atoms with Crippen molar-refractivity contribution in [1.29, 1.82) is 0 Å². The number of aromatic nitrogens is 2. The maximum Gasteiger partial charge on any atom is 0.324 e. The monoisotopic (exact) mass is 376 g/mol. The highest BCUT2D eigenvalue weighted by atomic mass is 16.5. The summed E-state index contributed by atoms with van der Waals surface area (Å²) >= 11 is 0. The topological polar surface area (TPSA) is 101 Å². The number of carbonyl (C=O) groups is 2. The van der Waals surface area contributed by atoms with E-state index in [4.69, 9.17) is 4.74 Å². The number of aryl methyl sites for hydroxylation is 1. The molecular formula is C18H28N6O3. The number of hydrogen-bond donors (Lipinski definition) is 3. The Kier molecular flexibility index (Phi) is 5.42. The van der Waals surface area contributed by atoms with Crippen LogP contribution in [-0.4, -0.2) is 65.4 Å². The van der Waals surface area contributed by atoms with Crippen LogP contribution in [0.15, 0.2) is 6.07 Å². The van der Waals surface area contributed by atoms with Crippen molar-refractivity contribution in [1.82, 2.24) is 30.8 Å². The summed E-state index contributed by atoms with van der Waals surface area (Å²) in [6.45, 7) is 4.12. The second-order valence-electron chi connectivity index (χ2n) is 7.71. The molecule has 3 N–H and O–H groups in total. The number of ether oxygens (including phenoxy) is 1. The van der Waals surface area contributed by atoms with Crippen LogP contribution in [0.4, 0.5) is 0 Å². The number of nitrogens with zero attached hydrogens (tertiary/aromatic N) is 3. The molecule has 2 aliphatic heterocycles. The van der Waals surface area contributed by atoms with Crippen molar-refractivity contribution in [2.45, 2.75) is 50.9 Å². The number of carbonyl (C=O) groups excluding carboxylic acids is 2. The molecule has 1 amide bonds. The summed E-state index contributed by atoms with van der Waals surface area (Å²) in [7, 11) is 1.42. The summed E-state index contributed by atoms with van der Waals surface area (Å²) in [5, 5.41) is 7.67. The van der Waals surface area contributed by atoms with Gasteiger partial charge < -0.3 is 10.1 Å². The fraction of sp³-hybridized carbons (Fsp3) is 0.722. The van der Waals surface area contributed by atoms with E-state index in [9.17, 15) is 9.59 Å². The first-order valence-electron chi connectivity index (χ1n) is 9.76. The third-order valence-corrected chi connectivity index (χ3v) is 5.52. The van der Waals surface area contributed by atoms with Crippen LogP contribution in [0.1, 0.15) is 30.7 Å². The molecule has 1 aromatic rings. The molecule has 3 aliphatic rings. The van der Waals surface area contributed by atoms with Crippen molar-refractivity contribution in [2.24, 2.45) is 5.92 Å². The number of methoxy groups -OCH3 is 1. The van der Waals surface area contributed by atoms with Crippen molar-refractivity contribution in [3.05, 3.63) is 17.5 Å². The van der Waals surface area contributed by atoms with E-state index in [1.54, 1.807) is 0 Å². The van der Waals surface area contributed by atoms with Gasteiger partial charge in [-0.1, -0.05) is 0 Å². The molecule has 27 heavy (non-hydrogen) atoms. The largest absolute Gasteiger partial charge is 0.468 e. The van der Waals surface area contributed by atoms with Crippen molar-refractivity contribution in [2.75, 3.05) is 26.7 Å². The minimum absolute atomic E-state index is 0.125. The Balaban J connectivity index is 1.29. The molecule has 4 rings (SSSR count). The van der Waals surface area contributed by atoms with Crippen molar-refractivity contribution in [3.63, 3.8) is 0 Å². The van der Waals surface area contributed by atoms with Gasteiger partial charge in [-0.25, -0.2) is 5.43 Å². The first-order chi connectivity index (χ1) is 13.1. The van der Waals surface area contributed by atoms with Crippen LogP contribution >= 0.6 is 0 Å². The number of esters is 1. The minimum Gasteiger partial charge on any atom is -0.468 e. The van der Waals surface area contributed by atoms with Crippen molar-refractivity contribution in [3.8, 4) is 0 Å². The molecule has 2 unspecified atom stereocenters. The summed E-state index contributed by atoms with van der Waals surface area (Å²) in [4.78, 5) is 26.1. The lowest BCUT2D eigenvalue weighted by Gasteiger charge is -2.30. The van der Waals surface area contributed by atoms with Gasteiger partial charge in [-0.05, 0) is 18.9 Å². The number of hydrazine groups is 1. The molecular weight excluding hydrogens is 348 g/mol. The molecule has 0 bridgehead atoms. The third-order valence-electron chi connectivity index (χ3n) is 5.52. The molecule has 9 nitrogen and oxygen atoms in total. The third kappa shape index (κ3) is 4.48. The van der Waals surface area contributed by atoms with Crippen molar-refractivity contribution < 1.29 is 14.3 Å². The first kappa shape index (κ1) is 18.4. The zero-order chi connectivity index (χ0) is 18.8. The molecule has 1 saturated heterocycles. The summed E-state index contributed by atoms with van der Waals surface area (Å²) in [5.41, 5.74) is 8.23. The summed E-state index contributed by atoms with van der Waals surface area (Å²) in [5.74, 6) is 0.0801.